The predicted octanol–water partition coefficient (Wildman–Crippen LogP) is 8.76. The number of rotatable bonds is 8. The van der Waals surface area contributed by atoms with Crippen LogP contribution in [0, 0.1) is 23.4 Å². The van der Waals surface area contributed by atoms with Crippen molar-refractivity contribution in [1.82, 2.24) is 0 Å². The molecule has 0 aliphatic heterocycles. The third-order valence-electron chi connectivity index (χ3n) is 5.98. The van der Waals surface area contributed by atoms with Crippen molar-refractivity contribution in [1.29, 1.82) is 0 Å². The maximum absolute atomic E-state index is 14.6. The van der Waals surface area contributed by atoms with Crippen LogP contribution in [0.25, 0.3) is 0 Å². The summed E-state index contributed by atoms with van der Waals surface area (Å²) < 4.78 is 117. The van der Waals surface area contributed by atoms with E-state index in [1.54, 1.807) is 0 Å². The molecule has 0 saturated heterocycles. The third kappa shape index (κ3) is 7.11. The van der Waals surface area contributed by atoms with Gasteiger partial charge in [0.15, 0.2) is 17.4 Å². The summed E-state index contributed by atoms with van der Waals surface area (Å²) in [7, 11) is 0. The quantitative estimate of drug-likeness (QED) is 0.262. The van der Waals surface area contributed by atoms with E-state index in [0.29, 0.717) is 23.6 Å². The molecule has 0 N–H and O–H groups in total. The van der Waals surface area contributed by atoms with E-state index in [9.17, 15) is 35.1 Å². The molecule has 35 heavy (non-hydrogen) atoms. The predicted molar refractivity (Wildman–Crippen MR) is 113 cm³/mol. The Morgan fingerprint density at radius 3 is 2.06 bits per heavy atom. The molecule has 2 aromatic carbocycles. The van der Waals surface area contributed by atoms with Gasteiger partial charge in [-0.15, -0.1) is 0 Å². The van der Waals surface area contributed by atoms with Crippen molar-refractivity contribution >= 4 is 0 Å². The first-order chi connectivity index (χ1) is 16.4. The lowest BCUT2D eigenvalue weighted by atomic mass is 9.77. The molecule has 0 atom stereocenters. The average molecular weight is 508 g/mol. The smallest absolute Gasteiger partial charge is 0.429 e. The first kappa shape index (κ1) is 26.8. The Hall–Kier alpha value is -2.78. The van der Waals surface area contributed by atoms with Crippen LogP contribution in [0.2, 0.25) is 0 Å². The number of ether oxygens (including phenoxy) is 2. The zero-order valence-electron chi connectivity index (χ0n) is 18.8. The van der Waals surface area contributed by atoms with E-state index >= 15 is 0 Å². The van der Waals surface area contributed by atoms with Crippen LogP contribution in [0.5, 0.6) is 11.5 Å². The molecular weight excluding hydrogens is 484 g/mol. The molecular formula is C25H24F8O2. The van der Waals surface area contributed by atoms with Crippen LogP contribution >= 0.6 is 0 Å². The van der Waals surface area contributed by atoms with Crippen LogP contribution in [-0.4, -0.2) is 6.18 Å². The van der Waals surface area contributed by atoms with E-state index < -0.39 is 52.9 Å². The highest BCUT2D eigenvalue weighted by Crippen LogP contribution is 2.40. The van der Waals surface area contributed by atoms with Gasteiger partial charge >= 0.3 is 12.3 Å². The van der Waals surface area contributed by atoms with Gasteiger partial charge in [0, 0.05) is 12.1 Å². The minimum absolute atomic E-state index is 0.00380. The first-order valence-corrected chi connectivity index (χ1v) is 11.2. The number of hydrogen-bond donors (Lipinski definition) is 0. The second kappa shape index (κ2) is 10.9. The number of hydrogen-bond acceptors (Lipinski definition) is 2. The lowest BCUT2D eigenvalue weighted by Gasteiger charge is -2.29. The van der Waals surface area contributed by atoms with Gasteiger partial charge in [0.05, 0.1) is 17.9 Å². The molecule has 1 saturated carbocycles. The molecule has 1 aliphatic rings. The molecule has 0 heterocycles. The minimum Gasteiger partial charge on any atom is -0.459 e. The summed E-state index contributed by atoms with van der Waals surface area (Å²) in [5.41, 5.74) is -0.516. The Kier molecular flexibility index (Phi) is 8.33. The van der Waals surface area contributed by atoms with Gasteiger partial charge in [-0.2, -0.15) is 22.0 Å². The summed E-state index contributed by atoms with van der Waals surface area (Å²) in [6, 6.07) is 3.91. The number of allylic oxidation sites excluding steroid dienone is 1. The van der Waals surface area contributed by atoms with E-state index in [4.69, 9.17) is 0 Å². The second-order valence-electron chi connectivity index (χ2n) is 8.54. The summed E-state index contributed by atoms with van der Waals surface area (Å²) in [6.45, 7) is 2.11. The Labute approximate surface area is 197 Å². The van der Waals surface area contributed by atoms with Gasteiger partial charge in [-0.3, -0.25) is 0 Å². The van der Waals surface area contributed by atoms with Crippen LogP contribution in [0.4, 0.5) is 35.1 Å². The van der Waals surface area contributed by atoms with Gasteiger partial charge in [0.25, 0.3) is 0 Å². The van der Waals surface area contributed by atoms with Crippen LogP contribution < -0.4 is 9.47 Å². The topological polar surface area (TPSA) is 18.5 Å². The lowest BCUT2D eigenvalue weighted by Crippen LogP contribution is -2.24. The summed E-state index contributed by atoms with van der Waals surface area (Å²) >= 11 is 0. The molecule has 0 unspecified atom stereocenters. The highest BCUT2D eigenvalue weighted by Gasteiger charge is 2.38. The number of alkyl halides is 5. The van der Waals surface area contributed by atoms with Crippen molar-refractivity contribution in [3.05, 3.63) is 71.2 Å². The third-order valence-corrected chi connectivity index (χ3v) is 5.98. The maximum Gasteiger partial charge on any atom is 0.429 e. The molecule has 0 aromatic heterocycles. The van der Waals surface area contributed by atoms with Gasteiger partial charge in [-0.25, -0.2) is 13.2 Å². The standard InChI is InChI=1S/C25H24F8O2/c1-2-3-15-4-6-16(7-5-15)17-8-9-19(20(26)12-17)25(32,33)35-18-13-21(27)23(22(28)14-18)34-11-10-24(29,30)31/h8-16H,2-7H2,1H3/b11-10+. The summed E-state index contributed by atoms with van der Waals surface area (Å²) in [5.74, 6) is -5.96. The van der Waals surface area contributed by atoms with Crippen molar-refractivity contribution in [3.8, 4) is 11.5 Å². The zero-order chi connectivity index (χ0) is 25.8. The fourth-order valence-corrected chi connectivity index (χ4v) is 4.30. The van der Waals surface area contributed by atoms with E-state index in [-0.39, 0.29) is 12.2 Å². The van der Waals surface area contributed by atoms with Crippen molar-refractivity contribution < 1.29 is 44.6 Å². The van der Waals surface area contributed by atoms with Gasteiger partial charge in [-0.1, -0.05) is 25.8 Å². The highest BCUT2D eigenvalue weighted by atomic mass is 19.4. The van der Waals surface area contributed by atoms with Crippen LogP contribution in [0.15, 0.2) is 42.7 Å². The van der Waals surface area contributed by atoms with E-state index in [1.165, 1.54) is 6.07 Å². The van der Waals surface area contributed by atoms with Gasteiger partial charge in [-0.05, 0) is 55.2 Å². The molecule has 2 aromatic rings. The van der Waals surface area contributed by atoms with Gasteiger partial charge < -0.3 is 9.47 Å². The van der Waals surface area contributed by atoms with Crippen molar-refractivity contribution in [2.24, 2.45) is 5.92 Å². The Balaban J connectivity index is 1.72. The molecule has 0 spiro atoms. The first-order valence-electron chi connectivity index (χ1n) is 11.2. The summed E-state index contributed by atoms with van der Waals surface area (Å²) in [4.78, 5) is 0. The van der Waals surface area contributed by atoms with Crippen molar-refractivity contribution in [2.75, 3.05) is 0 Å². The fourth-order valence-electron chi connectivity index (χ4n) is 4.30. The molecule has 3 rings (SSSR count). The molecule has 2 nitrogen and oxygen atoms in total. The monoisotopic (exact) mass is 508 g/mol. The molecule has 1 fully saturated rings. The van der Waals surface area contributed by atoms with Crippen LogP contribution in [0.1, 0.15) is 62.5 Å². The minimum atomic E-state index is -4.79. The molecule has 0 amide bonds. The summed E-state index contributed by atoms with van der Waals surface area (Å²) in [5, 5.41) is 0. The van der Waals surface area contributed by atoms with E-state index in [1.807, 2.05) is 0 Å². The second-order valence-corrected chi connectivity index (χ2v) is 8.54. The van der Waals surface area contributed by atoms with E-state index in [2.05, 4.69) is 16.4 Å². The van der Waals surface area contributed by atoms with E-state index in [0.717, 1.165) is 50.7 Å². The van der Waals surface area contributed by atoms with Crippen LogP contribution in [0.3, 0.4) is 0 Å². The molecule has 10 heteroatoms. The van der Waals surface area contributed by atoms with Crippen molar-refractivity contribution in [3.63, 3.8) is 0 Å². The molecule has 1 aliphatic carbocycles. The van der Waals surface area contributed by atoms with Crippen LogP contribution in [-0.2, 0) is 6.11 Å². The lowest BCUT2D eigenvalue weighted by molar-refractivity contribution is -0.187. The average Bonchev–Trinajstić information content (AvgIpc) is 2.75. The Morgan fingerprint density at radius 2 is 1.51 bits per heavy atom. The van der Waals surface area contributed by atoms with Gasteiger partial charge in [0.2, 0.25) is 0 Å². The largest absolute Gasteiger partial charge is 0.459 e. The van der Waals surface area contributed by atoms with Crippen molar-refractivity contribution in [2.45, 2.75) is 63.7 Å². The highest BCUT2D eigenvalue weighted by molar-refractivity contribution is 5.36. The fraction of sp³-hybridized carbons (Fsp3) is 0.440. The normalized spacial score (nSPS) is 19.2. The molecule has 0 bridgehead atoms. The SMILES string of the molecule is CCCC1CCC(c2ccc(C(F)(F)Oc3cc(F)c(O/C=C/C(F)(F)F)c(F)c3)c(F)c2)CC1. The molecule has 0 radical (unpaired) electrons. The number of benzene rings is 2. The Bertz CT molecular complexity index is 1020. The summed E-state index contributed by atoms with van der Waals surface area (Å²) in [6.07, 6.45) is -3.60. The van der Waals surface area contributed by atoms with Gasteiger partial charge in [0.1, 0.15) is 11.6 Å². The maximum atomic E-state index is 14.6. The molecule has 192 valence electrons. The number of halogens is 8. The zero-order valence-corrected chi connectivity index (χ0v) is 18.8. The Morgan fingerprint density at radius 1 is 0.886 bits per heavy atom.